The maximum atomic E-state index is 12.3. The summed E-state index contributed by atoms with van der Waals surface area (Å²) in [5.41, 5.74) is 5.13. The highest BCUT2D eigenvalue weighted by molar-refractivity contribution is 6.30. The van der Waals surface area contributed by atoms with Gasteiger partial charge >= 0.3 is 0 Å². The normalized spacial score (nSPS) is 11.0. The van der Waals surface area contributed by atoms with Crippen LogP contribution in [0, 0.1) is 13.8 Å². The van der Waals surface area contributed by atoms with Gasteiger partial charge in [0.05, 0.1) is 17.6 Å². The van der Waals surface area contributed by atoms with Crippen LogP contribution in [0.2, 0.25) is 5.02 Å². The molecule has 4 aromatic rings. The minimum absolute atomic E-state index is 0.111. The second-order valence-corrected chi connectivity index (χ2v) is 8.87. The van der Waals surface area contributed by atoms with E-state index in [0.717, 1.165) is 48.4 Å². The Kier molecular flexibility index (Phi) is 7.86. The fraction of sp³-hybridized carbons (Fsp3) is 0.286. The van der Waals surface area contributed by atoms with Crippen molar-refractivity contribution in [2.45, 2.75) is 39.7 Å². The third-order valence-electron chi connectivity index (χ3n) is 6.02. The first kappa shape index (κ1) is 23.8. The van der Waals surface area contributed by atoms with E-state index in [-0.39, 0.29) is 5.91 Å². The van der Waals surface area contributed by atoms with Crippen molar-refractivity contribution >= 4 is 28.5 Å². The van der Waals surface area contributed by atoms with Crippen LogP contribution in [0.4, 0.5) is 0 Å². The van der Waals surface area contributed by atoms with Gasteiger partial charge in [-0.15, -0.1) is 0 Å². The van der Waals surface area contributed by atoms with Crippen LogP contribution < -0.4 is 10.1 Å². The molecule has 6 heteroatoms. The molecule has 1 N–H and O–H groups in total. The minimum atomic E-state index is -0.111. The van der Waals surface area contributed by atoms with Gasteiger partial charge in [-0.05, 0) is 74.2 Å². The van der Waals surface area contributed by atoms with Gasteiger partial charge in [0.1, 0.15) is 11.6 Å². The zero-order chi connectivity index (χ0) is 23.9. The zero-order valence-electron chi connectivity index (χ0n) is 19.7. The van der Waals surface area contributed by atoms with Crippen molar-refractivity contribution in [3.8, 4) is 5.75 Å². The van der Waals surface area contributed by atoms with Gasteiger partial charge in [-0.3, -0.25) is 4.79 Å². The molecule has 34 heavy (non-hydrogen) atoms. The maximum absolute atomic E-state index is 12.3. The Hall–Kier alpha value is -3.31. The molecule has 1 amide bonds. The van der Waals surface area contributed by atoms with Gasteiger partial charge in [-0.2, -0.15) is 0 Å². The van der Waals surface area contributed by atoms with E-state index in [1.54, 1.807) is 24.3 Å². The lowest BCUT2D eigenvalue weighted by molar-refractivity contribution is 0.0953. The van der Waals surface area contributed by atoms with Gasteiger partial charge in [-0.25, -0.2) is 4.98 Å². The predicted octanol–water partition coefficient (Wildman–Crippen LogP) is 6.14. The molecule has 0 aliphatic rings. The van der Waals surface area contributed by atoms with Crippen LogP contribution >= 0.6 is 11.6 Å². The van der Waals surface area contributed by atoms with Crippen LogP contribution in [-0.4, -0.2) is 28.6 Å². The molecule has 0 aliphatic heterocycles. The number of carbonyl (C=O) groups excluding carboxylic acids is 1. The number of rotatable bonds is 10. The molecule has 0 atom stereocenters. The average molecular weight is 476 g/mol. The molecule has 0 spiro atoms. The summed E-state index contributed by atoms with van der Waals surface area (Å²) >= 11 is 5.99. The molecule has 1 heterocycles. The van der Waals surface area contributed by atoms with E-state index < -0.39 is 0 Å². The van der Waals surface area contributed by atoms with E-state index in [2.05, 4.69) is 35.9 Å². The number of para-hydroxylation sites is 2. The molecule has 0 saturated carbocycles. The number of hydrogen-bond donors (Lipinski definition) is 1. The number of hydrogen-bond acceptors (Lipinski definition) is 3. The van der Waals surface area contributed by atoms with Gasteiger partial charge in [0, 0.05) is 30.1 Å². The van der Waals surface area contributed by atoms with Crippen molar-refractivity contribution in [2.24, 2.45) is 0 Å². The van der Waals surface area contributed by atoms with E-state index in [4.69, 9.17) is 21.3 Å². The Morgan fingerprint density at radius 2 is 1.85 bits per heavy atom. The van der Waals surface area contributed by atoms with E-state index in [9.17, 15) is 4.79 Å². The molecule has 0 saturated heterocycles. The molecular formula is C28H30ClN3O2. The largest absolute Gasteiger partial charge is 0.493 e. The summed E-state index contributed by atoms with van der Waals surface area (Å²) in [4.78, 5) is 17.2. The van der Waals surface area contributed by atoms with Crippen LogP contribution in [-0.2, 0) is 13.0 Å². The summed E-state index contributed by atoms with van der Waals surface area (Å²) in [5, 5.41) is 3.53. The third-order valence-corrected chi connectivity index (χ3v) is 6.26. The van der Waals surface area contributed by atoms with Crippen LogP contribution in [0.25, 0.3) is 11.0 Å². The van der Waals surface area contributed by atoms with Crippen LogP contribution in [0.15, 0.2) is 66.7 Å². The van der Waals surface area contributed by atoms with Crippen molar-refractivity contribution in [2.75, 3.05) is 13.2 Å². The predicted molar refractivity (Wildman–Crippen MR) is 138 cm³/mol. The average Bonchev–Trinajstić information content (AvgIpc) is 3.19. The number of aromatic nitrogens is 2. The summed E-state index contributed by atoms with van der Waals surface area (Å²) in [6, 6.07) is 21.4. The SMILES string of the molecule is Cc1cccc(OCCCn2c(CCCNC(=O)c3cccc(Cl)c3)nc3ccccc32)c1C. The third kappa shape index (κ3) is 5.78. The fourth-order valence-electron chi connectivity index (χ4n) is 4.03. The molecule has 0 radical (unpaired) electrons. The molecule has 0 fully saturated rings. The van der Waals surface area contributed by atoms with Crippen molar-refractivity contribution in [1.82, 2.24) is 14.9 Å². The molecule has 3 aromatic carbocycles. The highest BCUT2D eigenvalue weighted by Crippen LogP contribution is 2.21. The first-order valence-electron chi connectivity index (χ1n) is 11.7. The quantitative estimate of drug-likeness (QED) is 0.280. The second-order valence-electron chi connectivity index (χ2n) is 8.44. The van der Waals surface area contributed by atoms with Gasteiger partial charge in [0.25, 0.3) is 5.91 Å². The summed E-state index contributed by atoms with van der Waals surface area (Å²) in [6.45, 7) is 6.24. The van der Waals surface area contributed by atoms with Crippen molar-refractivity contribution in [3.63, 3.8) is 0 Å². The summed E-state index contributed by atoms with van der Waals surface area (Å²) < 4.78 is 8.33. The molecule has 176 valence electrons. The van der Waals surface area contributed by atoms with Crippen LogP contribution in [0.1, 0.15) is 40.2 Å². The highest BCUT2D eigenvalue weighted by Gasteiger charge is 2.11. The van der Waals surface area contributed by atoms with Gasteiger partial charge < -0.3 is 14.6 Å². The molecule has 1 aromatic heterocycles. The highest BCUT2D eigenvalue weighted by atomic mass is 35.5. The summed E-state index contributed by atoms with van der Waals surface area (Å²) in [5.74, 6) is 1.87. The number of imidazole rings is 1. The zero-order valence-corrected chi connectivity index (χ0v) is 20.4. The van der Waals surface area contributed by atoms with E-state index in [1.165, 1.54) is 11.1 Å². The molecule has 5 nitrogen and oxygen atoms in total. The van der Waals surface area contributed by atoms with Crippen LogP contribution in [0.5, 0.6) is 5.75 Å². The lowest BCUT2D eigenvalue weighted by Gasteiger charge is -2.13. The first-order chi connectivity index (χ1) is 16.5. The number of carbonyl (C=O) groups is 1. The van der Waals surface area contributed by atoms with Crippen molar-refractivity contribution in [3.05, 3.63) is 94.3 Å². The Morgan fingerprint density at radius 1 is 1.03 bits per heavy atom. The van der Waals surface area contributed by atoms with Crippen molar-refractivity contribution in [1.29, 1.82) is 0 Å². The van der Waals surface area contributed by atoms with Crippen LogP contribution in [0.3, 0.4) is 0 Å². The number of benzene rings is 3. The van der Waals surface area contributed by atoms with Gasteiger partial charge in [0.2, 0.25) is 0 Å². The molecule has 0 unspecified atom stereocenters. The number of fused-ring (bicyclic) bond motifs is 1. The smallest absolute Gasteiger partial charge is 0.251 e. The topological polar surface area (TPSA) is 56.1 Å². The number of nitrogens with zero attached hydrogens (tertiary/aromatic N) is 2. The number of nitrogens with one attached hydrogen (secondary N) is 1. The Labute approximate surface area is 205 Å². The minimum Gasteiger partial charge on any atom is -0.493 e. The van der Waals surface area contributed by atoms with E-state index in [1.807, 2.05) is 30.3 Å². The number of aryl methyl sites for hydroxylation is 3. The Balaban J connectivity index is 1.34. The van der Waals surface area contributed by atoms with Gasteiger partial charge in [-0.1, -0.05) is 41.9 Å². The standard InChI is InChI=1S/C28H30ClN3O2/c1-20-9-5-14-26(21(20)2)34-18-8-17-32-25-13-4-3-12-24(25)31-27(32)15-7-16-30-28(33)22-10-6-11-23(29)19-22/h3-6,9-14,19H,7-8,15-18H2,1-2H3,(H,30,33). The Morgan fingerprint density at radius 3 is 2.71 bits per heavy atom. The number of ether oxygens (including phenoxy) is 1. The number of amides is 1. The summed E-state index contributed by atoms with van der Waals surface area (Å²) in [7, 11) is 0. The van der Waals surface area contributed by atoms with Crippen molar-refractivity contribution < 1.29 is 9.53 Å². The molecule has 4 rings (SSSR count). The molecular weight excluding hydrogens is 446 g/mol. The lowest BCUT2D eigenvalue weighted by Crippen LogP contribution is -2.25. The number of halogens is 1. The fourth-order valence-corrected chi connectivity index (χ4v) is 4.22. The van der Waals surface area contributed by atoms with Gasteiger partial charge in [0.15, 0.2) is 0 Å². The first-order valence-corrected chi connectivity index (χ1v) is 12.1. The summed E-state index contributed by atoms with van der Waals surface area (Å²) in [6.07, 6.45) is 2.46. The van der Waals surface area contributed by atoms with E-state index in [0.29, 0.717) is 23.7 Å². The lowest BCUT2D eigenvalue weighted by atomic mass is 10.1. The molecule has 0 bridgehead atoms. The molecule has 0 aliphatic carbocycles. The van der Waals surface area contributed by atoms with E-state index >= 15 is 0 Å². The maximum Gasteiger partial charge on any atom is 0.251 e. The monoisotopic (exact) mass is 475 g/mol. The second kappa shape index (κ2) is 11.2. The Bertz CT molecular complexity index is 1280.